The van der Waals surface area contributed by atoms with Gasteiger partial charge in [0.2, 0.25) is 0 Å². The first-order valence-corrected chi connectivity index (χ1v) is 9.23. The largest absolute Gasteiger partial charge is 0.324 e. The summed E-state index contributed by atoms with van der Waals surface area (Å²) in [7, 11) is 4.46. The van der Waals surface area contributed by atoms with E-state index in [1.165, 1.54) is 64.8 Å². The maximum atomic E-state index is 6.10. The molecular weight excluding hydrogens is 308 g/mol. The second-order valence-electron chi connectivity index (χ2n) is 8.53. The van der Waals surface area contributed by atoms with Gasteiger partial charge in [0.1, 0.15) is 0 Å². The summed E-state index contributed by atoms with van der Waals surface area (Å²) in [4.78, 5) is 7.65. The fourth-order valence-corrected chi connectivity index (χ4v) is 4.14. The van der Waals surface area contributed by atoms with Crippen LogP contribution in [0.25, 0.3) is 0 Å². The summed E-state index contributed by atoms with van der Waals surface area (Å²) < 4.78 is 0. The molecule has 0 amide bonds. The first kappa shape index (κ1) is 21.2. The molecule has 0 aromatic carbocycles. The first-order valence-electron chi connectivity index (χ1n) is 9.23. The van der Waals surface area contributed by atoms with Crippen LogP contribution >= 0.6 is 12.4 Å². The van der Waals surface area contributed by atoms with Gasteiger partial charge in [-0.25, -0.2) is 0 Å². The van der Waals surface area contributed by atoms with Gasteiger partial charge in [-0.15, -0.1) is 12.4 Å². The van der Waals surface area contributed by atoms with Crippen molar-refractivity contribution >= 4 is 12.4 Å². The summed E-state index contributed by atoms with van der Waals surface area (Å²) in [5, 5.41) is 0. The van der Waals surface area contributed by atoms with E-state index < -0.39 is 0 Å². The third kappa shape index (κ3) is 7.70. The maximum Gasteiger partial charge on any atom is 0.0225 e. The molecule has 23 heavy (non-hydrogen) atoms. The number of nitrogens with zero attached hydrogens (tertiary/aromatic N) is 3. The molecule has 2 fully saturated rings. The minimum absolute atomic E-state index is 0. The van der Waals surface area contributed by atoms with Crippen molar-refractivity contribution in [2.75, 3.05) is 53.4 Å². The lowest BCUT2D eigenvalue weighted by atomic mass is 9.91. The van der Waals surface area contributed by atoms with E-state index in [2.05, 4.69) is 42.6 Å². The van der Waals surface area contributed by atoms with E-state index in [0.29, 0.717) is 0 Å². The second-order valence-corrected chi connectivity index (χ2v) is 8.53. The second kappa shape index (κ2) is 9.57. The van der Waals surface area contributed by atoms with Gasteiger partial charge in [0.05, 0.1) is 0 Å². The van der Waals surface area contributed by atoms with Crippen LogP contribution in [0.2, 0.25) is 0 Å². The molecule has 2 saturated heterocycles. The van der Waals surface area contributed by atoms with Crippen LogP contribution in [0.3, 0.4) is 0 Å². The number of piperidine rings is 2. The van der Waals surface area contributed by atoms with Crippen molar-refractivity contribution in [2.24, 2.45) is 11.7 Å². The Balaban J connectivity index is 0.00000264. The van der Waals surface area contributed by atoms with Gasteiger partial charge in [0.25, 0.3) is 0 Å². The molecule has 4 nitrogen and oxygen atoms in total. The SMILES string of the molecule is CN1CCC(N2CCC(CCN(C)CC(C)(C)N)CC2)CC1.Cl. The van der Waals surface area contributed by atoms with Gasteiger partial charge < -0.3 is 20.4 Å². The Hall–Kier alpha value is 0.130. The molecule has 2 heterocycles. The van der Waals surface area contributed by atoms with Gasteiger partial charge >= 0.3 is 0 Å². The molecule has 2 aliphatic heterocycles. The molecule has 0 atom stereocenters. The van der Waals surface area contributed by atoms with Crippen molar-refractivity contribution in [1.29, 1.82) is 0 Å². The lowest BCUT2D eigenvalue weighted by molar-refractivity contribution is 0.0812. The average molecular weight is 347 g/mol. The Morgan fingerprint density at radius 2 is 1.61 bits per heavy atom. The molecule has 0 bridgehead atoms. The summed E-state index contributed by atoms with van der Waals surface area (Å²) in [6, 6.07) is 0.859. The van der Waals surface area contributed by atoms with Crippen molar-refractivity contribution in [1.82, 2.24) is 14.7 Å². The Bertz CT molecular complexity index is 315. The van der Waals surface area contributed by atoms with Gasteiger partial charge in [-0.1, -0.05) is 0 Å². The fourth-order valence-electron chi connectivity index (χ4n) is 4.14. The van der Waals surface area contributed by atoms with Gasteiger partial charge in [-0.05, 0) is 98.7 Å². The van der Waals surface area contributed by atoms with Crippen molar-refractivity contribution < 1.29 is 0 Å². The summed E-state index contributed by atoms with van der Waals surface area (Å²) in [5.74, 6) is 0.922. The van der Waals surface area contributed by atoms with Crippen LogP contribution in [-0.2, 0) is 0 Å². The molecule has 0 saturated carbocycles. The highest BCUT2D eigenvalue weighted by molar-refractivity contribution is 5.85. The Kier molecular flexibility index (Phi) is 8.81. The number of likely N-dealkylation sites (N-methyl/N-ethyl adjacent to an activating group) is 1. The third-order valence-corrected chi connectivity index (χ3v) is 5.45. The molecule has 0 unspecified atom stereocenters. The number of rotatable bonds is 6. The predicted octanol–water partition coefficient (Wildman–Crippen LogP) is 2.27. The van der Waals surface area contributed by atoms with E-state index in [4.69, 9.17) is 5.73 Å². The van der Waals surface area contributed by atoms with Crippen molar-refractivity contribution in [3.05, 3.63) is 0 Å². The van der Waals surface area contributed by atoms with Gasteiger partial charge in [-0.3, -0.25) is 0 Å². The maximum absolute atomic E-state index is 6.10. The lowest BCUT2D eigenvalue weighted by Crippen LogP contribution is -2.47. The topological polar surface area (TPSA) is 35.7 Å². The Labute approximate surface area is 150 Å². The molecule has 5 heteroatoms. The minimum atomic E-state index is -0.0771. The number of hydrogen-bond donors (Lipinski definition) is 1. The highest BCUT2D eigenvalue weighted by Crippen LogP contribution is 2.25. The molecule has 0 aromatic heterocycles. The summed E-state index contributed by atoms with van der Waals surface area (Å²) in [5.41, 5.74) is 6.03. The van der Waals surface area contributed by atoms with Gasteiger partial charge in [-0.2, -0.15) is 0 Å². The quantitative estimate of drug-likeness (QED) is 0.800. The minimum Gasteiger partial charge on any atom is -0.324 e. The summed E-state index contributed by atoms with van der Waals surface area (Å²) in [6.07, 6.45) is 6.87. The molecule has 2 aliphatic rings. The van der Waals surface area contributed by atoms with Gasteiger partial charge in [0, 0.05) is 18.1 Å². The van der Waals surface area contributed by atoms with Crippen molar-refractivity contribution in [3.8, 4) is 0 Å². The molecule has 0 radical (unpaired) electrons. The number of nitrogens with two attached hydrogens (primary N) is 1. The number of likely N-dealkylation sites (tertiary alicyclic amines) is 2. The van der Waals surface area contributed by atoms with E-state index in [1.807, 2.05) is 0 Å². The first-order chi connectivity index (χ1) is 10.3. The van der Waals surface area contributed by atoms with Crippen LogP contribution < -0.4 is 5.73 Å². The number of hydrogen-bond acceptors (Lipinski definition) is 4. The normalized spacial score (nSPS) is 23.2. The number of halogens is 1. The Morgan fingerprint density at radius 1 is 1.04 bits per heavy atom. The molecule has 0 aromatic rings. The fraction of sp³-hybridized carbons (Fsp3) is 1.00. The van der Waals surface area contributed by atoms with E-state index in [9.17, 15) is 0 Å². The molecule has 0 spiro atoms. The van der Waals surface area contributed by atoms with Gasteiger partial charge in [0.15, 0.2) is 0 Å². The van der Waals surface area contributed by atoms with Crippen LogP contribution in [0.5, 0.6) is 0 Å². The van der Waals surface area contributed by atoms with Crippen LogP contribution in [0, 0.1) is 5.92 Å². The van der Waals surface area contributed by atoms with Crippen LogP contribution in [-0.4, -0.2) is 79.6 Å². The average Bonchev–Trinajstić information content (AvgIpc) is 2.45. The Morgan fingerprint density at radius 3 is 2.13 bits per heavy atom. The molecule has 2 N–H and O–H groups in total. The van der Waals surface area contributed by atoms with Crippen molar-refractivity contribution in [2.45, 2.75) is 57.5 Å². The standard InChI is InChI=1S/C18H38N4.ClH/c1-18(2,19)15-21(4)10-5-16-6-13-22(14-7-16)17-8-11-20(3)12-9-17;/h16-17H,5-15,19H2,1-4H3;1H. The highest BCUT2D eigenvalue weighted by atomic mass is 35.5. The zero-order chi connectivity index (χ0) is 16.2. The zero-order valence-corrected chi connectivity index (χ0v) is 16.6. The van der Waals surface area contributed by atoms with Crippen molar-refractivity contribution in [3.63, 3.8) is 0 Å². The third-order valence-electron chi connectivity index (χ3n) is 5.45. The summed E-state index contributed by atoms with van der Waals surface area (Å²) >= 11 is 0. The van der Waals surface area contributed by atoms with Crippen LogP contribution in [0.4, 0.5) is 0 Å². The highest BCUT2D eigenvalue weighted by Gasteiger charge is 2.27. The predicted molar refractivity (Wildman–Crippen MR) is 102 cm³/mol. The molecule has 138 valence electrons. The summed E-state index contributed by atoms with van der Waals surface area (Å²) in [6.45, 7) is 11.6. The zero-order valence-electron chi connectivity index (χ0n) is 15.8. The molecular formula is C18H39ClN4. The van der Waals surface area contributed by atoms with Crippen LogP contribution in [0.1, 0.15) is 46.0 Å². The monoisotopic (exact) mass is 346 g/mol. The van der Waals surface area contributed by atoms with Crippen LogP contribution in [0.15, 0.2) is 0 Å². The molecule has 2 rings (SSSR count). The van der Waals surface area contributed by atoms with E-state index in [-0.39, 0.29) is 17.9 Å². The molecule has 0 aliphatic carbocycles. The van der Waals surface area contributed by atoms with E-state index >= 15 is 0 Å². The lowest BCUT2D eigenvalue weighted by Gasteiger charge is -2.41. The van der Waals surface area contributed by atoms with E-state index in [0.717, 1.165) is 18.5 Å². The smallest absolute Gasteiger partial charge is 0.0225 e. The van der Waals surface area contributed by atoms with E-state index in [1.54, 1.807) is 0 Å².